The van der Waals surface area contributed by atoms with E-state index in [0.29, 0.717) is 0 Å². The van der Waals surface area contributed by atoms with Crippen LogP contribution in [0.15, 0.2) is 0 Å². The van der Waals surface area contributed by atoms with E-state index in [1.165, 1.54) is 0 Å². The molecule has 0 spiro atoms. The number of hydrogen-bond donors (Lipinski definition) is 2. The Labute approximate surface area is 74.2 Å². The van der Waals surface area contributed by atoms with Gasteiger partial charge in [-0.25, -0.2) is 0 Å². The second kappa shape index (κ2) is 4.00. The van der Waals surface area contributed by atoms with E-state index in [1.54, 1.807) is 0 Å². The van der Waals surface area contributed by atoms with E-state index >= 15 is 0 Å². The van der Waals surface area contributed by atoms with Gasteiger partial charge in [-0.05, 0) is 27.2 Å². The Balaban J connectivity index is 3.88. The Hall–Kier alpha value is -0.180. The van der Waals surface area contributed by atoms with Gasteiger partial charge in [0.1, 0.15) is 0 Å². The molecule has 0 saturated carbocycles. The summed E-state index contributed by atoms with van der Waals surface area (Å²) in [6.45, 7) is 7.82. The number of hydrogen-bond acceptors (Lipinski definition) is 2. The van der Waals surface area contributed by atoms with E-state index in [1.807, 2.05) is 27.7 Å². The van der Waals surface area contributed by atoms with Gasteiger partial charge in [0.15, 0.2) is 0 Å². The first kappa shape index (κ1) is 10.8. The molecule has 1 unspecified atom stereocenters. The predicted octanol–water partition coefficient (Wildman–Crippen LogP) is 1.61. The van der Waals surface area contributed by atoms with Crippen LogP contribution in [0, 0.1) is 0 Å². The van der Waals surface area contributed by atoms with E-state index in [2.05, 4.69) is 17.9 Å². The lowest BCUT2D eigenvalue weighted by Gasteiger charge is -2.22. The minimum Gasteiger partial charge on any atom is -0.351 e. The van der Waals surface area contributed by atoms with Gasteiger partial charge in [-0.2, -0.15) is 12.6 Å². The van der Waals surface area contributed by atoms with Crippen molar-refractivity contribution in [1.29, 1.82) is 0 Å². The minimum absolute atomic E-state index is 0.0170. The summed E-state index contributed by atoms with van der Waals surface area (Å²) < 4.78 is 0. The highest BCUT2D eigenvalue weighted by atomic mass is 32.1. The van der Waals surface area contributed by atoms with Gasteiger partial charge in [-0.1, -0.05) is 6.92 Å². The maximum atomic E-state index is 11.2. The number of nitrogens with one attached hydrogen (secondary N) is 1. The third-order valence-electron chi connectivity index (χ3n) is 1.19. The van der Waals surface area contributed by atoms with Gasteiger partial charge in [0, 0.05) is 5.54 Å². The van der Waals surface area contributed by atoms with Gasteiger partial charge < -0.3 is 5.32 Å². The number of rotatable bonds is 2. The molecule has 0 heterocycles. The standard InChI is InChI=1S/C8H17NOS/c1-5-6(11)7(10)9-8(2,3)4/h6,11H,5H2,1-4H3,(H,9,10). The predicted molar refractivity (Wildman–Crippen MR) is 51.0 cm³/mol. The zero-order valence-electron chi connectivity index (χ0n) is 7.64. The van der Waals surface area contributed by atoms with Crippen LogP contribution < -0.4 is 5.32 Å². The van der Waals surface area contributed by atoms with Crippen molar-refractivity contribution in [3.8, 4) is 0 Å². The van der Waals surface area contributed by atoms with Crippen LogP contribution in [0.1, 0.15) is 34.1 Å². The summed E-state index contributed by atoms with van der Waals surface area (Å²) in [6, 6.07) is 0. The first-order chi connectivity index (χ1) is 4.87. The molecule has 66 valence electrons. The van der Waals surface area contributed by atoms with Gasteiger partial charge in [0.25, 0.3) is 0 Å². The van der Waals surface area contributed by atoms with E-state index < -0.39 is 0 Å². The van der Waals surface area contributed by atoms with Crippen molar-refractivity contribution in [3.05, 3.63) is 0 Å². The average Bonchev–Trinajstić information content (AvgIpc) is 1.82. The largest absolute Gasteiger partial charge is 0.351 e. The molecule has 3 heteroatoms. The summed E-state index contributed by atoms with van der Waals surface area (Å²) in [6.07, 6.45) is 0.769. The van der Waals surface area contributed by atoms with E-state index in [0.717, 1.165) is 6.42 Å². The van der Waals surface area contributed by atoms with Crippen LogP contribution in [0.2, 0.25) is 0 Å². The van der Waals surface area contributed by atoms with Crippen LogP contribution in [0.3, 0.4) is 0 Å². The number of carbonyl (C=O) groups excluding carboxylic acids is 1. The number of carbonyl (C=O) groups is 1. The highest BCUT2D eigenvalue weighted by molar-refractivity contribution is 7.81. The molecule has 11 heavy (non-hydrogen) atoms. The van der Waals surface area contributed by atoms with Crippen molar-refractivity contribution in [2.75, 3.05) is 0 Å². The van der Waals surface area contributed by atoms with Crippen molar-refractivity contribution >= 4 is 18.5 Å². The Kier molecular flexibility index (Phi) is 3.93. The van der Waals surface area contributed by atoms with Crippen molar-refractivity contribution in [2.45, 2.75) is 44.9 Å². The molecular weight excluding hydrogens is 158 g/mol. The third-order valence-corrected chi connectivity index (χ3v) is 1.79. The molecule has 1 N–H and O–H groups in total. The average molecular weight is 175 g/mol. The Morgan fingerprint density at radius 2 is 2.00 bits per heavy atom. The minimum atomic E-state index is -0.172. The summed E-state index contributed by atoms with van der Waals surface area (Å²) in [7, 11) is 0. The lowest BCUT2D eigenvalue weighted by molar-refractivity contribution is -0.121. The molecule has 1 amide bonds. The fourth-order valence-electron chi connectivity index (χ4n) is 0.638. The summed E-state index contributed by atoms with van der Waals surface area (Å²) >= 11 is 4.12. The molecule has 0 aliphatic rings. The summed E-state index contributed by atoms with van der Waals surface area (Å²) in [5, 5.41) is 2.68. The van der Waals surface area contributed by atoms with Crippen molar-refractivity contribution in [2.24, 2.45) is 0 Å². The van der Waals surface area contributed by atoms with Crippen molar-refractivity contribution in [3.63, 3.8) is 0 Å². The molecule has 0 fully saturated rings. The molecule has 0 saturated heterocycles. The monoisotopic (exact) mass is 175 g/mol. The maximum absolute atomic E-state index is 11.2. The summed E-state index contributed by atoms with van der Waals surface area (Å²) in [4.78, 5) is 11.2. The zero-order valence-corrected chi connectivity index (χ0v) is 8.53. The zero-order chi connectivity index (χ0) is 9.07. The van der Waals surface area contributed by atoms with Crippen molar-refractivity contribution in [1.82, 2.24) is 5.32 Å². The Morgan fingerprint density at radius 3 is 2.27 bits per heavy atom. The lowest BCUT2D eigenvalue weighted by atomic mass is 10.1. The molecule has 0 aliphatic heterocycles. The van der Waals surface area contributed by atoms with E-state index in [4.69, 9.17) is 0 Å². The quantitative estimate of drug-likeness (QED) is 0.613. The highest BCUT2D eigenvalue weighted by Gasteiger charge is 2.17. The molecule has 1 atom stereocenters. The van der Waals surface area contributed by atoms with Crippen LogP contribution >= 0.6 is 12.6 Å². The van der Waals surface area contributed by atoms with Gasteiger partial charge in [-0.3, -0.25) is 4.79 Å². The van der Waals surface area contributed by atoms with Gasteiger partial charge in [-0.15, -0.1) is 0 Å². The first-order valence-corrected chi connectivity index (χ1v) is 4.38. The Bertz CT molecular complexity index is 140. The van der Waals surface area contributed by atoms with Gasteiger partial charge >= 0.3 is 0 Å². The van der Waals surface area contributed by atoms with Gasteiger partial charge in [0.2, 0.25) is 5.91 Å². The number of thiol groups is 1. The summed E-state index contributed by atoms with van der Waals surface area (Å²) in [5.74, 6) is 0.0170. The molecular formula is C8H17NOS. The normalized spacial score (nSPS) is 14.3. The second-order valence-electron chi connectivity index (χ2n) is 3.66. The Morgan fingerprint density at radius 1 is 1.55 bits per heavy atom. The third kappa shape index (κ3) is 5.13. The molecule has 0 aromatic heterocycles. The van der Waals surface area contributed by atoms with Crippen LogP contribution in [-0.2, 0) is 4.79 Å². The van der Waals surface area contributed by atoms with Gasteiger partial charge in [0.05, 0.1) is 5.25 Å². The first-order valence-electron chi connectivity index (χ1n) is 3.87. The lowest BCUT2D eigenvalue weighted by Crippen LogP contribution is -2.44. The molecule has 2 nitrogen and oxygen atoms in total. The van der Waals surface area contributed by atoms with Crippen LogP contribution in [0.25, 0.3) is 0 Å². The second-order valence-corrected chi connectivity index (χ2v) is 4.29. The fourth-order valence-corrected chi connectivity index (χ4v) is 0.703. The van der Waals surface area contributed by atoms with Crippen LogP contribution in [-0.4, -0.2) is 16.7 Å². The molecule has 0 aromatic rings. The van der Waals surface area contributed by atoms with Crippen LogP contribution in [0.5, 0.6) is 0 Å². The SMILES string of the molecule is CCC(S)C(=O)NC(C)(C)C. The van der Waals surface area contributed by atoms with Crippen molar-refractivity contribution < 1.29 is 4.79 Å². The molecule has 0 radical (unpaired) electrons. The maximum Gasteiger partial charge on any atom is 0.233 e. The molecule has 0 aromatic carbocycles. The smallest absolute Gasteiger partial charge is 0.233 e. The topological polar surface area (TPSA) is 29.1 Å². The highest BCUT2D eigenvalue weighted by Crippen LogP contribution is 2.04. The fraction of sp³-hybridized carbons (Fsp3) is 0.875. The van der Waals surface area contributed by atoms with E-state index in [9.17, 15) is 4.79 Å². The molecule has 0 bridgehead atoms. The number of amides is 1. The van der Waals surface area contributed by atoms with E-state index in [-0.39, 0.29) is 16.7 Å². The van der Waals surface area contributed by atoms with Crippen LogP contribution in [0.4, 0.5) is 0 Å². The molecule has 0 rings (SSSR count). The summed E-state index contributed by atoms with van der Waals surface area (Å²) in [5.41, 5.74) is -0.146. The molecule has 0 aliphatic carbocycles.